The van der Waals surface area contributed by atoms with Crippen molar-refractivity contribution in [2.24, 2.45) is 0 Å². The van der Waals surface area contributed by atoms with Gasteiger partial charge in [0.1, 0.15) is 0 Å². The molecule has 57 heavy (non-hydrogen) atoms. The van der Waals surface area contributed by atoms with Gasteiger partial charge in [-0.2, -0.15) is 0 Å². The van der Waals surface area contributed by atoms with Crippen LogP contribution >= 0.6 is 0 Å². The summed E-state index contributed by atoms with van der Waals surface area (Å²) in [5, 5.41) is 0. The summed E-state index contributed by atoms with van der Waals surface area (Å²) in [7, 11) is 0. The third kappa shape index (κ3) is 9.92. The molecule has 0 unspecified atom stereocenters. The Bertz CT molecular complexity index is 1900. The molecule has 0 bridgehead atoms. The third-order valence-electron chi connectivity index (χ3n) is 10.8. The molecule has 0 spiro atoms. The Morgan fingerprint density at radius 2 is 0.965 bits per heavy atom. The van der Waals surface area contributed by atoms with E-state index in [0.717, 1.165) is 36.8 Å². The van der Waals surface area contributed by atoms with Gasteiger partial charge in [-0.25, -0.2) is 0 Å². The normalized spacial score (nSPS) is 13.6. The van der Waals surface area contributed by atoms with Gasteiger partial charge in [0, 0.05) is 0 Å². The summed E-state index contributed by atoms with van der Waals surface area (Å²) in [6.07, 6.45) is 15.6. The summed E-state index contributed by atoms with van der Waals surface area (Å²) in [5.41, 5.74) is 2.23. The minimum atomic E-state index is -5.14. The first-order chi connectivity index (χ1) is 27.9. The van der Waals surface area contributed by atoms with Crippen LogP contribution in [-0.2, 0) is 39.2 Å². The van der Waals surface area contributed by atoms with E-state index < -0.39 is 39.9 Å². The van der Waals surface area contributed by atoms with Gasteiger partial charge in [-0.05, 0) is 0 Å². The van der Waals surface area contributed by atoms with Gasteiger partial charge in [0.05, 0.1) is 0 Å². The van der Waals surface area contributed by atoms with Crippen molar-refractivity contribution in [1.82, 2.24) is 0 Å². The van der Waals surface area contributed by atoms with Gasteiger partial charge in [-0.1, -0.05) is 0 Å². The van der Waals surface area contributed by atoms with E-state index in [9.17, 15) is 0 Å². The fourth-order valence-electron chi connectivity index (χ4n) is 7.91. The number of allylic oxidation sites excluding steroid dienone is 8. The van der Waals surface area contributed by atoms with Gasteiger partial charge in [0.25, 0.3) is 0 Å². The van der Waals surface area contributed by atoms with Crippen LogP contribution < -0.4 is 17.5 Å². The fraction of sp³-hybridized carbons (Fsp3) is 0.333. The molecule has 0 aromatic heterocycles. The Morgan fingerprint density at radius 3 is 1.33 bits per heavy atom. The maximum atomic E-state index is 18.0. The molecule has 4 nitrogen and oxygen atoms in total. The van der Waals surface area contributed by atoms with E-state index in [-0.39, 0.29) is 19.1 Å². The Labute approximate surface area is 339 Å². The van der Waals surface area contributed by atoms with Crippen LogP contribution in [0, 0.1) is 23.3 Å². The molecule has 0 radical (unpaired) electrons. The van der Waals surface area contributed by atoms with Crippen LogP contribution in [0.4, 0.5) is 28.9 Å². The Kier molecular flexibility index (Phi) is 15.6. The van der Waals surface area contributed by atoms with Crippen molar-refractivity contribution in [2.45, 2.75) is 65.5 Å². The molecule has 9 heteroatoms. The standard InChI is InChI=1S/2C19H22F2NO.2C5H5.Ti/c2*1-2-3-12-23-13-11-22(15-16-7-5-4-6-8-16)19-10-9-17(20)14-18(19)21;2*1-2-4-5-3-1;/h2*4-10H,2-3,11-13,15H2,1H3;2*1-3H,4H2;. The average Bonchev–Trinajstić information content (AvgIpc) is 3.97. The van der Waals surface area contributed by atoms with E-state index in [0.29, 0.717) is 73.2 Å². The van der Waals surface area contributed by atoms with Crippen LogP contribution in [0.1, 0.15) is 63.5 Å². The maximum absolute atomic E-state index is 18.0. The van der Waals surface area contributed by atoms with Gasteiger partial charge < -0.3 is 0 Å². The first-order valence-corrected chi connectivity index (χ1v) is 23.4. The molecule has 300 valence electrons. The molecular weight excluding hydrogens is 760 g/mol. The summed E-state index contributed by atoms with van der Waals surface area (Å²) in [6, 6.07) is 24.9. The van der Waals surface area contributed by atoms with E-state index in [1.54, 1.807) is 0 Å². The van der Waals surface area contributed by atoms with Crippen molar-refractivity contribution in [3.8, 4) is 0 Å². The van der Waals surface area contributed by atoms with Crippen molar-refractivity contribution in [1.29, 1.82) is 0 Å². The second kappa shape index (κ2) is 21.0. The number of nitrogens with zero attached hydrogens (tertiary/aromatic N) is 2. The number of rotatable bonds is 22. The second-order valence-corrected chi connectivity index (χ2v) is 20.6. The van der Waals surface area contributed by atoms with E-state index in [4.69, 9.17) is 9.47 Å². The Morgan fingerprint density at radius 1 is 0.544 bits per heavy atom. The van der Waals surface area contributed by atoms with Crippen molar-refractivity contribution in [3.05, 3.63) is 164 Å². The SMILES string of the molecule is CCCCOCCN(Cc1ccccc1)c1ccc(F)[c]([Ti]([C]2=CC=CC2)([C]2=CC=CC2)[c]2c(F)ccc(N(CCOCCCC)Cc3ccccc3)c2F)c1F. The molecule has 2 aliphatic carbocycles. The number of ether oxygens (including phenoxy) is 2. The number of unbranched alkanes of at least 4 members (excludes halogenated alkanes) is 2. The predicted octanol–water partition coefficient (Wildman–Crippen LogP) is 10.7. The van der Waals surface area contributed by atoms with Crippen LogP contribution in [0.3, 0.4) is 0 Å². The van der Waals surface area contributed by atoms with E-state index in [1.807, 2.05) is 107 Å². The molecule has 0 atom stereocenters. The molecule has 0 aliphatic heterocycles. The number of hydrogen-bond acceptors (Lipinski definition) is 4. The quantitative estimate of drug-likeness (QED) is 0.0448. The van der Waals surface area contributed by atoms with Gasteiger partial charge >= 0.3 is 341 Å². The van der Waals surface area contributed by atoms with Crippen molar-refractivity contribution in [3.63, 3.8) is 0 Å². The van der Waals surface area contributed by atoms with Crippen LogP contribution in [0.5, 0.6) is 0 Å². The zero-order valence-corrected chi connectivity index (χ0v) is 34.7. The Balaban J connectivity index is 1.54. The molecule has 0 amide bonds. The monoisotopic (exact) mass is 814 g/mol. The molecule has 0 saturated carbocycles. The topological polar surface area (TPSA) is 24.9 Å². The van der Waals surface area contributed by atoms with Gasteiger partial charge in [-0.3, -0.25) is 0 Å². The average molecular weight is 815 g/mol. The van der Waals surface area contributed by atoms with Crippen molar-refractivity contribution in [2.75, 3.05) is 49.3 Å². The molecule has 0 N–H and O–H groups in total. The summed E-state index contributed by atoms with van der Waals surface area (Å²) in [4.78, 5) is 3.72. The molecule has 2 aliphatic rings. The summed E-state index contributed by atoms with van der Waals surface area (Å²) >= 11 is -5.14. The summed E-state index contributed by atoms with van der Waals surface area (Å²) in [5.74, 6) is -3.17. The zero-order valence-electron chi connectivity index (χ0n) is 33.2. The Hall–Kier alpha value is -4.21. The minimum absolute atomic E-state index is 0.175. The van der Waals surface area contributed by atoms with Crippen LogP contribution in [0.15, 0.2) is 129 Å². The first kappa shape index (κ1) is 42.4. The molecule has 0 heterocycles. The van der Waals surface area contributed by atoms with Gasteiger partial charge in [-0.15, -0.1) is 0 Å². The van der Waals surface area contributed by atoms with E-state index >= 15 is 17.6 Å². The summed E-state index contributed by atoms with van der Waals surface area (Å²) in [6.45, 7) is 7.35. The van der Waals surface area contributed by atoms with Crippen molar-refractivity contribution >= 4 is 19.1 Å². The zero-order chi connectivity index (χ0) is 40.0. The molecule has 6 rings (SSSR count). The van der Waals surface area contributed by atoms with Crippen LogP contribution in [0.25, 0.3) is 0 Å². The number of halogens is 4. The molecule has 4 aromatic rings. The van der Waals surface area contributed by atoms with E-state index in [2.05, 4.69) is 13.8 Å². The number of benzene rings is 4. The van der Waals surface area contributed by atoms with Crippen LogP contribution in [0.2, 0.25) is 0 Å². The van der Waals surface area contributed by atoms with Crippen LogP contribution in [-0.4, -0.2) is 39.5 Å². The second-order valence-electron chi connectivity index (χ2n) is 14.7. The summed E-state index contributed by atoms with van der Waals surface area (Å²) < 4.78 is 83.0. The number of anilines is 2. The number of hydrogen-bond donors (Lipinski definition) is 0. The molecule has 0 fully saturated rings. The first-order valence-electron chi connectivity index (χ1n) is 20.3. The molecule has 0 saturated heterocycles. The molecular formula is C48H54F4N2O2Ti. The fourth-order valence-corrected chi connectivity index (χ4v) is 16.2. The molecule has 4 aromatic carbocycles. The van der Waals surface area contributed by atoms with E-state index in [1.165, 1.54) is 24.3 Å². The predicted molar refractivity (Wildman–Crippen MR) is 222 cm³/mol. The van der Waals surface area contributed by atoms with Gasteiger partial charge in [0.2, 0.25) is 0 Å². The van der Waals surface area contributed by atoms with Crippen molar-refractivity contribution < 1.29 is 43.6 Å². The van der Waals surface area contributed by atoms with Gasteiger partial charge in [0.15, 0.2) is 0 Å². The third-order valence-corrected chi connectivity index (χ3v) is 18.7.